The van der Waals surface area contributed by atoms with Gasteiger partial charge in [0.1, 0.15) is 12.2 Å². The molecule has 1 spiro atoms. The van der Waals surface area contributed by atoms with Crippen LogP contribution in [0.2, 0.25) is 0 Å². The molecule has 1 aliphatic carbocycles. The number of morpholine rings is 1. The highest BCUT2D eigenvalue weighted by Gasteiger charge is 2.46. The second-order valence-corrected chi connectivity index (χ2v) is 7.74. The minimum Gasteiger partial charge on any atom is -0.375 e. The first kappa shape index (κ1) is 19.8. The van der Waals surface area contributed by atoms with Crippen LogP contribution in [0.4, 0.5) is 5.95 Å². The van der Waals surface area contributed by atoms with Crippen LogP contribution < -0.4 is 10.2 Å². The fourth-order valence-electron chi connectivity index (χ4n) is 4.39. The maximum absolute atomic E-state index is 12.2. The van der Waals surface area contributed by atoms with Crippen LogP contribution in [0.1, 0.15) is 25.7 Å². The van der Waals surface area contributed by atoms with Gasteiger partial charge in [0.2, 0.25) is 11.9 Å². The van der Waals surface area contributed by atoms with E-state index in [-0.39, 0.29) is 18.6 Å². The minimum atomic E-state index is -0.411. The summed E-state index contributed by atoms with van der Waals surface area (Å²) in [6, 6.07) is 12.0. The van der Waals surface area contributed by atoms with Crippen molar-refractivity contribution in [1.82, 2.24) is 15.3 Å². The normalized spacial score (nSPS) is 24.4. The van der Waals surface area contributed by atoms with Crippen molar-refractivity contribution in [1.29, 1.82) is 0 Å². The smallest absolute Gasteiger partial charge is 0.246 e. The first-order valence-electron chi connectivity index (χ1n) is 10.3. The van der Waals surface area contributed by atoms with Crippen LogP contribution >= 0.6 is 0 Å². The average Bonchev–Trinajstić information content (AvgIpc) is 2.77. The van der Waals surface area contributed by atoms with Crippen LogP contribution in [0.15, 0.2) is 42.6 Å². The molecule has 1 N–H and O–H groups in total. The predicted molar refractivity (Wildman–Crippen MR) is 111 cm³/mol. The van der Waals surface area contributed by atoms with Gasteiger partial charge in [-0.3, -0.25) is 4.79 Å². The molecule has 1 saturated carbocycles. The Morgan fingerprint density at radius 3 is 3.00 bits per heavy atom. The molecule has 2 fully saturated rings. The van der Waals surface area contributed by atoms with E-state index < -0.39 is 5.60 Å². The fraction of sp³-hybridized carbons (Fsp3) is 0.500. The van der Waals surface area contributed by atoms with Crippen molar-refractivity contribution in [2.75, 3.05) is 38.3 Å². The number of nitrogens with zero attached hydrogens (tertiary/aromatic N) is 3. The summed E-state index contributed by atoms with van der Waals surface area (Å²) in [5.74, 6) is 0.614. The third-order valence-corrected chi connectivity index (χ3v) is 5.79. The molecule has 7 heteroatoms. The zero-order valence-corrected chi connectivity index (χ0v) is 16.8. The van der Waals surface area contributed by atoms with Gasteiger partial charge in [0, 0.05) is 25.4 Å². The summed E-state index contributed by atoms with van der Waals surface area (Å²) >= 11 is 0. The lowest BCUT2D eigenvalue weighted by atomic mass is 9.79. The third kappa shape index (κ3) is 4.41. The Kier molecular flexibility index (Phi) is 6.06. The zero-order chi connectivity index (χ0) is 20.1. The SMILES string of the molecule is COCC(=O)N[C@H]1CCCC[C@@]12CN(c1nccc(-c3ccccc3)n1)CCO2. The van der Waals surface area contributed by atoms with Gasteiger partial charge in [-0.05, 0) is 18.9 Å². The van der Waals surface area contributed by atoms with Crippen LogP contribution in [-0.2, 0) is 14.3 Å². The van der Waals surface area contributed by atoms with E-state index in [0.29, 0.717) is 19.1 Å². The maximum atomic E-state index is 12.2. The van der Waals surface area contributed by atoms with Gasteiger partial charge in [0.15, 0.2) is 0 Å². The van der Waals surface area contributed by atoms with Gasteiger partial charge in [-0.25, -0.2) is 9.97 Å². The largest absolute Gasteiger partial charge is 0.375 e. The standard InChI is InChI=1S/C22H28N4O3/c1-28-15-20(27)25-19-9-5-6-11-22(19)16-26(13-14-29-22)21-23-12-10-18(24-21)17-7-3-2-4-8-17/h2-4,7-8,10,12,19H,5-6,9,11,13-16H2,1H3,(H,25,27)/t19-,22+/m0/s1. The van der Waals surface area contributed by atoms with E-state index in [1.807, 2.05) is 30.5 Å². The summed E-state index contributed by atoms with van der Waals surface area (Å²) in [6.07, 6.45) is 5.82. The monoisotopic (exact) mass is 396 g/mol. The molecule has 2 aliphatic rings. The van der Waals surface area contributed by atoms with Crippen molar-refractivity contribution < 1.29 is 14.3 Å². The van der Waals surface area contributed by atoms with Crippen LogP contribution in [0.3, 0.4) is 0 Å². The molecule has 7 nitrogen and oxygen atoms in total. The number of anilines is 1. The van der Waals surface area contributed by atoms with E-state index in [0.717, 1.165) is 43.5 Å². The highest BCUT2D eigenvalue weighted by molar-refractivity contribution is 5.77. The van der Waals surface area contributed by atoms with Gasteiger partial charge in [-0.2, -0.15) is 0 Å². The van der Waals surface area contributed by atoms with Crippen molar-refractivity contribution in [3.63, 3.8) is 0 Å². The summed E-state index contributed by atoms with van der Waals surface area (Å²) in [4.78, 5) is 23.7. The Morgan fingerprint density at radius 2 is 2.17 bits per heavy atom. The van der Waals surface area contributed by atoms with Gasteiger partial charge >= 0.3 is 0 Å². The average molecular weight is 396 g/mol. The summed E-state index contributed by atoms with van der Waals surface area (Å²) < 4.78 is 11.3. The first-order valence-corrected chi connectivity index (χ1v) is 10.3. The Balaban J connectivity index is 1.55. The number of aromatic nitrogens is 2. The molecule has 2 heterocycles. The zero-order valence-electron chi connectivity index (χ0n) is 16.8. The molecular weight excluding hydrogens is 368 g/mol. The summed E-state index contributed by atoms with van der Waals surface area (Å²) in [5, 5.41) is 3.13. The van der Waals surface area contributed by atoms with E-state index >= 15 is 0 Å². The van der Waals surface area contributed by atoms with Gasteiger partial charge in [0.05, 0.1) is 24.9 Å². The van der Waals surface area contributed by atoms with Crippen LogP contribution in [-0.4, -0.2) is 60.9 Å². The topological polar surface area (TPSA) is 76.6 Å². The minimum absolute atomic E-state index is 0.0287. The fourth-order valence-corrected chi connectivity index (χ4v) is 4.39. The Morgan fingerprint density at radius 1 is 1.31 bits per heavy atom. The molecule has 29 heavy (non-hydrogen) atoms. The first-order chi connectivity index (χ1) is 14.2. The molecule has 2 atom stereocenters. The van der Waals surface area contributed by atoms with Crippen LogP contribution in [0, 0.1) is 0 Å². The van der Waals surface area contributed by atoms with E-state index in [2.05, 4.69) is 27.3 Å². The summed E-state index contributed by atoms with van der Waals surface area (Å²) in [7, 11) is 1.53. The van der Waals surface area contributed by atoms with Crippen molar-refractivity contribution in [2.24, 2.45) is 0 Å². The predicted octanol–water partition coefficient (Wildman–Crippen LogP) is 2.42. The third-order valence-electron chi connectivity index (χ3n) is 5.79. The number of rotatable bonds is 5. The molecule has 0 bridgehead atoms. The van der Waals surface area contributed by atoms with Gasteiger partial charge in [0.25, 0.3) is 0 Å². The lowest BCUT2D eigenvalue weighted by Gasteiger charge is -2.49. The molecule has 0 unspecified atom stereocenters. The number of benzene rings is 1. The highest BCUT2D eigenvalue weighted by Crippen LogP contribution is 2.36. The van der Waals surface area contributed by atoms with Crippen molar-refractivity contribution >= 4 is 11.9 Å². The molecule has 2 aromatic rings. The summed E-state index contributed by atoms with van der Waals surface area (Å²) in [5.41, 5.74) is 1.57. The quantitative estimate of drug-likeness (QED) is 0.837. The second kappa shape index (κ2) is 8.88. The lowest BCUT2D eigenvalue weighted by Crippen LogP contribution is -2.64. The molecule has 1 amide bonds. The number of methoxy groups -OCH3 is 1. The number of ether oxygens (including phenoxy) is 2. The Hall–Kier alpha value is -2.51. The molecular formula is C22H28N4O3. The molecule has 4 rings (SSSR count). The van der Waals surface area contributed by atoms with Gasteiger partial charge in [-0.1, -0.05) is 43.2 Å². The van der Waals surface area contributed by atoms with Crippen LogP contribution in [0.5, 0.6) is 0 Å². The number of carbonyl (C=O) groups is 1. The van der Waals surface area contributed by atoms with Crippen molar-refractivity contribution in [3.05, 3.63) is 42.6 Å². The number of carbonyl (C=O) groups excluding carboxylic acids is 1. The van der Waals surface area contributed by atoms with Gasteiger partial charge in [-0.15, -0.1) is 0 Å². The molecule has 1 aromatic heterocycles. The highest BCUT2D eigenvalue weighted by atomic mass is 16.5. The van der Waals surface area contributed by atoms with E-state index in [1.165, 1.54) is 7.11 Å². The summed E-state index contributed by atoms with van der Waals surface area (Å²) in [6.45, 7) is 2.07. The molecule has 1 aliphatic heterocycles. The molecule has 0 radical (unpaired) electrons. The van der Waals surface area contributed by atoms with E-state index in [1.54, 1.807) is 0 Å². The van der Waals surface area contributed by atoms with Crippen molar-refractivity contribution in [2.45, 2.75) is 37.3 Å². The second-order valence-electron chi connectivity index (χ2n) is 7.74. The molecule has 1 aromatic carbocycles. The Labute approximate surface area is 171 Å². The van der Waals surface area contributed by atoms with Gasteiger partial charge < -0.3 is 19.7 Å². The van der Waals surface area contributed by atoms with E-state index in [4.69, 9.17) is 14.5 Å². The molecule has 1 saturated heterocycles. The number of nitrogens with one attached hydrogen (secondary N) is 1. The van der Waals surface area contributed by atoms with Crippen LogP contribution in [0.25, 0.3) is 11.3 Å². The number of hydrogen-bond acceptors (Lipinski definition) is 6. The lowest BCUT2D eigenvalue weighted by molar-refractivity contribution is -0.134. The maximum Gasteiger partial charge on any atom is 0.246 e. The Bertz CT molecular complexity index is 828. The number of amides is 1. The van der Waals surface area contributed by atoms with Crippen molar-refractivity contribution in [3.8, 4) is 11.3 Å². The number of hydrogen-bond donors (Lipinski definition) is 1. The molecule has 154 valence electrons. The van der Waals surface area contributed by atoms with E-state index in [9.17, 15) is 4.79 Å².